The van der Waals surface area contributed by atoms with Gasteiger partial charge in [0, 0.05) is 47.8 Å². The van der Waals surface area contributed by atoms with Gasteiger partial charge in [0.25, 0.3) is 5.91 Å². The molecule has 32 heavy (non-hydrogen) atoms. The van der Waals surface area contributed by atoms with Crippen LogP contribution in [0.25, 0.3) is 10.9 Å². The average molecular weight is 565 g/mol. The fourth-order valence-corrected chi connectivity index (χ4v) is 5.48. The van der Waals surface area contributed by atoms with E-state index in [-0.39, 0.29) is 30.4 Å². The molecule has 4 rings (SSSR count). The van der Waals surface area contributed by atoms with E-state index in [0.717, 1.165) is 33.0 Å². The number of benzene rings is 2. The third-order valence-corrected chi connectivity index (χ3v) is 7.07. The van der Waals surface area contributed by atoms with E-state index < -0.39 is 0 Å². The van der Waals surface area contributed by atoms with Crippen LogP contribution in [0.5, 0.6) is 5.75 Å². The predicted octanol–water partition coefficient (Wildman–Crippen LogP) is 5.40. The van der Waals surface area contributed by atoms with Crippen molar-refractivity contribution in [2.24, 2.45) is 0 Å². The van der Waals surface area contributed by atoms with Crippen molar-refractivity contribution in [3.63, 3.8) is 0 Å². The molecular weight excluding hydrogens is 541 g/mol. The number of ether oxygens (including phenoxy) is 1. The maximum atomic E-state index is 13.2. The van der Waals surface area contributed by atoms with E-state index in [1.807, 2.05) is 42.2 Å². The highest BCUT2D eigenvalue weighted by atomic mass is 79.9. The highest BCUT2D eigenvalue weighted by molar-refractivity contribution is 9.11. The van der Waals surface area contributed by atoms with Gasteiger partial charge in [-0.2, -0.15) is 0 Å². The van der Waals surface area contributed by atoms with Crippen molar-refractivity contribution in [1.29, 1.82) is 0 Å². The molecule has 0 bridgehead atoms. The van der Waals surface area contributed by atoms with Crippen LogP contribution in [-0.4, -0.2) is 52.5 Å². The molecule has 0 aliphatic carbocycles. The Morgan fingerprint density at radius 3 is 2.62 bits per heavy atom. The highest BCUT2D eigenvalue weighted by Crippen LogP contribution is 2.37. The van der Waals surface area contributed by atoms with Crippen LogP contribution in [0.1, 0.15) is 19.4 Å². The van der Waals surface area contributed by atoms with Crippen LogP contribution in [0.3, 0.4) is 0 Å². The number of piperazine rings is 1. The van der Waals surface area contributed by atoms with Crippen LogP contribution >= 0.6 is 31.9 Å². The summed E-state index contributed by atoms with van der Waals surface area (Å²) in [6.07, 6.45) is 1.71. The Hall–Kier alpha value is -2.03. The number of fused-ring (bicyclic) bond motifs is 1. The topological polar surface area (TPSA) is 45.7 Å². The lowest BCUT2D eigenvalue weighted by Gasteiger charge is -2.44. The van der Waals surface area contributed by atoms with Gasteiger partial charge in [-0.05, 0) is 59.6 Å². The number of pyridine rings is 1. The minimum absolute atomic E-state index is 0.0472. The Morgan fingerprint density at radius 2 is 1.88 bits per heavy atom. The molecule has 0 spiro atoms. The summed E-state index contributed by atoms with van der Waals surface area (Å²) in [6.45, 7) is 6.20. The van der Waals surface area contributed by atoms with Gasteiger partial charge in [-0.25, -0.2) is 4.39 Å². The fourth-order valence-electron chi connectivity index (χ4n) is 4.09. The number of carbonyl (C=O) groups excluding carboxylic acids is 1. The van der Waals surface area contributed by atoms with Gasteiger partial charge >= 0.3 is 0 Å². The molecule has 2 atom stereocenters. The second-order valence-corrected chi connectivity index (χ2v) is 9.87. The summed E-state index contributed by atoms with van der Waals surface area (Å²) >= 11 is 7.08. The molecule has 2 aromatic carbocycles. The number of nitrogens with zero attached hydrogens (tertiary/aromatic N) is 3. The fraction of sp³-hybridized carbons (Fsp3) is 0.333. The Balaban J connectivity index is 1.41. The summed E-state index contributed by atoms with van der Waals surface area (Å²) in [5.41, 5.74) is 1.76. The van der Waals surface area contributed by atoms with Gasteiger partial charge < -0.3 is 9.64 Å². The third kappa shape index (κ3) is 4.97. The predicted molar refractivity (Wildman–Crippen MR) is 130 cm³/mol. The van der Waals surface area contributed by atoms with Gasteiger partial charge in [-0.1, -0.05) is 34.1 Å². The minimum atomic E-state index is -0.231. The molecule has 3 aromatic rings. The summed E-state index contributed by atoms with van der Waals surface area (Å²) in [5, 5.41) is 0.926. The van der Waals surface area contributed by atoms with E-state index in [0.29, 0.717) is 17.8 Å². The van der Waals surface area contributed by atoms with Crippen LogP contribution in [0.2, 0.25) is 0 Å². The van der Waals surface area contributed by atoms with Gasteiger partial charge in [-0.15, -0.1) is 0 Å². The van der Waals surface area contributed by atoms with Crippen LogP contribution in [0, 0.1) is 5.82 Å². The highest BCUT2D eigenvalue weighted by Gasteiger charge is 2.32. The molecule has 8 heteroatoms. The first-order valence-corrected chi connectivity index (χ1v) is 12.1. The van der Waals surface area contributed by atoms with Crippen molar-refractivity contribution < 1.29 is 13.9 Å². The Bertz CT molecular complexity index is 1130. The van der Waals surface area contributed by atoms with Crippen molar-refractivity contribution in [1.82, 2.24) is 14.8 Å². The molecule has 1 aliphatic rings. The van der Waals surface area contributed by atoms with Crippen molar-refractivity contribution in [3.05, 3.63) is 69.0 Å². The lowest BCUT2D eigenvalue weighted by Crippen LogP contribution is -2.58. The van der Waals surface area contributed by atoms with Crippen LogP contribution in [0.15, 0.2) is 57.6 Å². The second kappa shape index (κ2) is 9.85. The number of halogens is 3. The summed E-state index contributed by atoms with van der Waals surface area (Å²) in [6, 6.07) is 12.6. The van der Waals surface area contributed by atoms with E-state index in [9.17, 15) is 9.18 Å². The molecule has 0 radical (unpaired) electrons. The lowest BCUT2D eigenvalue weighted by atomic mass is 10.1. The molecule has 0 unspecified atom stereocenters. The maximum Gasteiger partial charge on any atom is 0.260 e. The molecule has 2 heterocycles. The molecular formula is C24H24Br2FN3O2. The van der Waals surface area contributed by atoms with Gasteiger partial charge in [0.15, 0.2) is 12.4 Å². The first-order valence-electron chi connectivity index (χ1n) is 10.5. The van der Waals surface area contributed by atoms with E-state index >= 15 is 0 Å². The van der Waals surface area contributed by atoms with E-state index in [1.54, 1.807) is 6.20 Å². The number of hydrogen-bond donors (Lipinski definition) is 0. The maximum absolute atomic E-state index is 13.2. The zero-order chi connectivity index (χ0) is 22.8. The van der Waals surface area contributed by atoms with Crippen molar-refractivity contribution >= 4 is 48.7 Å². The molecule has 0 saturated carbocycles. The standard InChI is InChI=1S/C24H24Br2FN3O2/c1-15-12-30(16(2)11-29(15)13-17-5-7-18(27)8-6-17)22(31)14-32-24-21(26)10-20(25)19-4-3-9-28-23(19)24/h3-10,15-16H,11-14H2,1-2H3/t15-,16+/m0/s1. The summed E-state index contributed by atoms with van der Waals surface area (Å²) in [7, 11) is 0. The number of hydrogen-bond acceptors (Lipinski definition) is 4. The molecule has 0 N–H and O–H groups in total. The van der Waals surface area contributed by atoms with Gasteiger partial charge in [0.05, 0.1) is 4.47 Å². The zero-order valence-corrected chi connectivity index (χ0v) is 21.1. The largest absolute Gasteiger partial charge is 0.480 e. The molecule has 1 amide bonds. The molecule has 5 nitrogen and oxygen atoms in total. The second-order valence-electron chi connectivity index (χ2n) is 8.16. The van der Waals surface area contributed by atoms with Crippen LogP contribution in [-0.2, 0) is 11.3 Å². The smallest absolute Gasteiger partial charge is 0.260 e. The Kier molecular flexibility index (Phi) is 7.12. The van der Waals surface area contributed by atoms with Crippen molar-refractivity contribution in [2.75, 3.05) is 19.7 Å². The van der Waals surface area contributed by atoms with E-state index in [1.165, 1.54) is 12.1 Å². The molecule has 1 aliphatic heterocycles. The quantitative estimate of drug-likeness (QED) is 0.416. The van der Waals surface area contributed by atoms with Gasteiger partial charge in [-0.3, -0.25) is 14.7 Å². The van der Waals surface area contributed by atoms with Crippen molar-refractivity contribution in [3.8, 4) is 5.75 Å². The SMILES string of the molecule is C[C@@H]1CN(Cc2ccc(F)cc2)[C@@H](C)CN1C(=O)COc1c(Br)cc(Br)c2cccnc12. The molecule has 1 aromatic heterocycles. The first kappa shape index (κ1) is 23.1. The van der Waals surface area contributed by atoms with E-state index in [2.05, 4.69) is 48.7 Å². The summed E-state index contributed by atoms with van der Waals surface area (Å²) in [4.78, 5) is 21.7. The van der Waals surface area contributed by atoms with E-state index in [4.69, 9.17) is 4.74 Å². The number of rotatable bonds is 5. The van der Waals surface area contributed by atoms with Crippen LogP contribution < -0.4 is 4.74 Å². The number of aromatic nitrogens is 1. The van der Waals surface area contributed by atoms with Crippen molar-refractivity contribution in [2.45, 2.75) is 32.5 Å². The zero-order valence-electron chi connectivity index (χ0n) is 17.9. The normalized spacial score (nSPS) is 19.3. The first-order chi connectivity index (χ1) is 15.3. The summed E-state index contributed by atoms with van der Waals surface area (Å²) < 4.78 is 20.8. The minimum Gasteiger partial charge on any atom is -0.480 e. The number of carbonyl (C=O) groups is 1. The Morgan fingerprint density at radius 1 is 1.12 bits per heavy atom. The van der Waals surface area contributed by atoms with Gasteiger partial charge in [0.2, 0.25) is 0 Å². The average Bonchev–Trinajstić information content (AvgIpc) is 2.77. The molecule has 1 saturated heterocycles. The number of amides is 1. The lowest BCUT2D eigenvalue weighted by molar-refractivity contribution is -0.139. The summed E-state index contributed by atoms with van der Waals surface area (Å²) in [5.74, 6) is 0.281. The third-order valence-electron chi connectivity index (χ3n) is 5.82. The Labute approximate surface area is 203 Å². The monoisotopic (exact) mass is 563 g/mol. The molecule has 168 valence electrons. The van der Waals surface area contributed by atoms with Crippen LogP contribution in [0.4, 0.5) is 4.39 Å². The van der Waals surface area contributed by atoms with Gasteiger partial charge in [0.1, 0.15) is 11.3 Å². The molecule has 1 fully saturated rings.